The molecule has 1 atom stereocenters. The van der Waals surface area contributed by atoms with E-state index in [4.69, 9.17) is 0 Å². The molecule has 0 fully saturated rings. The minimum absolute atomic E-state index is 0.0467. The topological polar surface area (TPSA) is 127 Å². The third-order valence-electron chi connectivity index (χ3n) is 3.55. The van der Waals surface area contributed by atoms with Gasteiger partial charge in [0.2, 0.25) is 0 Å². The minimum Gasteiger partial charge on any atom is -0.480 e. The summed E-state index contributed by atoms with van der Waals surface area (Å²) in [7, 11) is 0. The first-order valence-electron chi connectivity index (χ1n) is 7.43. The Labute approximate surface area is 152 Å². The van der Waals surface area contributed by atoms with Crippen molar-refractivity contribution >= 4 is 29.3 Å². The van der Waals surface area contributed by atoms with E-state index < -0.39 is 21.9 Å². The van der Waals surface area contributed by atoms with Crippen molar-refractivity contribution in [3.8, 4) is 0 Å². The number of carboxylic acids is 1. The largest absolute Gasteiger partial charge is 0.480 e. The molecule has 1 N–H and O–H groups in total. The third-order valence-corrected chi connectivity index (χ3v) is 4.71. The van der Waals surface area contributed by atoms with E-state index in [1.54, 1.807) is 28.6 Å². The predicted molar refractivity (Wildman–Crippen MR) is 94.7 cm³/mol. The van der Waals surface area contributed by atoms with Crippen LogP contribution in [0.3, 0.4) is 0 Å². The zero-order chi connectivity index (χ0) is 19.3. The molecule has 0 aliphatic heterocycles. The van der Waals surface area contributed by atoms with Crippen LogP contribution in [0.2, 0.25) is 0 Å². The summed E-state index contributed by atoms with van der Waals surface area (Å²) in [4.78, 5) is 32.4. The van der Waals surface area contributed by atoms with Crippen molar-refractivity contribution in [2.75, 3.05) is 0 Å². The van der Waals surface area contributed by atoms with Gasteiger partial charge in [-0.1, -0.05) is 12.1 Å². The van der Waals surface area contributed by atoms with Crippen molar-refractivity contribution in [2.45, 2.75) is 24.4 Å². The maximum absolute atomic E-state index is 11.4. The number of benzene rings is 2. The Morgan fingerprint density at radius 3 is 1.92 bits per heavy atom. The van der Waals surface area contributed by atoms with Gasteiger partial charge in [-0.2, -0.15) is 0 Å². The Bertz CT molecular complexity index is 750. The van der Waals surface area contributed by atoms with E-state index in [2.05, 4.69) is 0 Å². The number of nitro benzene ring substituents is 2. The molecule has 0 aliphatic rings. The van der Waals surface area contributed by atoms with E-state index in [0.717, 1.165) is 11.9 Å². The quantitative estimate of drug-likeness (QED) is 0.421. The molecule has 2 aromatic rings. The Morgan fingerprint density at radius 1 is 1.04 bits per heavy atom. The van der Waals surface area contributed by atoms with Crippen molar-refractivity contribution < 1.29 is 19.7 Å². The Morgan fingerprint density at radius 2 is 1.50 bits per heavy atom. The zero-order valence-corrected chi connectivity index (χ0v) is 14.5. The number of rotatable bonds is 8. The van der Waals surface area contributed by atoms with Gasteiger partial charge >= 0.3 is 5.97 Å². The van der Waals surface area contributed by atoms with E-state index in [1.807, 2.05) is 0 Å². The molecule has 0 bridgehead atoms. The lowest BCUT2D eigenvalue weighted by Gasteiger charge is -2.25. The van der Waals surface area contributed by atoms with E-state index >= 15 is 0 Å². The van der Waals surface area contributed by atoms with Gasteiger partial charge in [-0.3, -0.25) is 25.0 Å². The van der Waals surface area contributed by atoms with Crippen LogP contribution in [0.1, 0.15) is 12.5 Å². The number of carboxylic acid groups (broad SMARTS) is 1. The van der Waals surface area contributed by atoms with Crippen LogP contribution >= 0.6 is 11.9 Å². The Hall–Kier alpha value is -2.98. The summed E-state index contributed by atoms with van der Waals surface area (Å²) in [5.41, 5.74) is 0.607. The van der Waals surface area contributed by atoms with Gasteiger partial charge in [-0.15, -0.1) is 0 Å². The van der Waals surface area contributed by atoms with E-state index in [0.29, 0.717) is 10.5 Å². The van der Waals surface area contributed by atoms with Crippen molar-refractivity contribution in [3.63, 3.8) is 0 Å². The molecule has 0 aliphatic carbocycles. The molecule has 0 spiro atoms. The number of hydrogen-bond donors (Lipinski definition) is 1. The minimum atomic E-state index is -1.03. The number of carbonyl (C=O) groups is 1. The molecule has 136 valence electrons. The second-order valence-electron chi connectivity index (χ2n) is 5.36. The molecule has 0 heterocycles. The highest BCUT2D eigenvalue weighted by molar-refractivity contribution is 7.97. The molecule has 0 aromatic heterocycles. The smallest absolute Gasteiger partial charge is 0.321 e. The van der Waals surface area contributed by atoms with Gasteiger partial charge in [0, 0.05) is 35.7 Å². The first-order chi connectivity index (χ1) is 12.3. The summed E-state index contributed by atoms with van der Waals surface area (Å²) >= 11 is 1.15. The second kappa shape index (κ2) is 8.41. The fourth-order valence-corrected chi connectivity index (χ4v) is 3.03. The lowest BCUT2D eigenvalue weighted by atomic mass is 10.2. The number of non-ortho nitro benzene ring substituents is 2. The highest BCUT2D eigenvalue weighted by Gasteiger charge is 2.22. The van der Waals surface area contributed by atoms with Crippen LogP contribution < -0.4 is 0 Å². The molecule has 0 saturated heterocycles. The Kier molecular flexibility index (Phi) is 6.26. The van der Waals surface area contributed by atoms with Gasteiger partial charge in [0.25, 0.3) is 11.4 Å². The van der Waals surface area contributed by atoms with E-state index in [-0.39, 0.29) is 17.9 Å². The summed E-state index contributed by atoms with van der Waals surface area (Å²) < 4.78 is 1.59. The summed E-state index contributed by atoms with van der Waals surface area (Å²) in [5, 5.41) is 30.7. The molecule has 2 aromatic carbocycles. The summed E-state index contributed by atoms with van der Waals surface area (Å²) in [6.07, 6.45) is 0. The predicted octanol–water partition coefficient (Wildman–Crippen LogP) is 3.49. The zero-order valence-electron chi connectivity index (χ0n) is 13.6. The lowest BCUT2D eigenvalue weighted by Crippen LogP contribution is -2.33. The van der Waals surface area contributed by atoms with Crippen molar-refractivity contribution in [1.29, 1.82) is 0 Å². The Balaban J connectivity index is 2.18. The van der Waals surface area contributed by atoms with Crippen LogP contribution in [0.5, 0.6) is 0 Å². The number of nitro groups is 2. The van der Waals surface area contributed by atoms with Crippen molar-refractivity contribution in [2.24, 2.45) is 0 Å². The van der Waals surface area contributed by atoms with Crippen molar-refractivity contribution in [3.05, 3.63) is 74.3 Å². The first-order valence-corrected chi connectivity index (χ1v) is 8.20. The standard InChI is InChI=1S/C16H15N3O6S/c1-11(16(20)21)17(10-12-2-4-13(5-3-12)18(22)23)26-15-8-6-14(7-9-15)19(24)25/h2-9,11H,10H2,1H3,(H,20,21). The molecule has 0 amide bonds. The monoisotopic (exact) mass is 377 g/mol. The fourth-order valence-electron chi connectivity index (χ4n) is 2.04. The maximum Gasteiger partial charge on any atom is 0.321 e. The van der Waals surface area contributed by atoms with Crippen LogP contribution in [0, 0.1) is 20.2 Å². The highest BCUT2D eigenvalue weighted by Crippen LogP contribution is 2.29. The summed E-state index contributed by atoms with van der Waals surface area (Å²) in [6, 6.07) is 10.8. The molecule has 1 unspecified atom stereocenters. The number of hydrogen-bond acceptors (Lipinski definition) is 7. The molecular weight excluding hydrogens is 362 g/mol. The number of aliphatic carboxylic acids is 1. The molecule has 9 nitrogen and oxygen atoms in total. The van der Waals surface area contributed by atoms with Gasteiger partial charge < -0.3 is 5.11 Å². The molecular formula is C16H15N3O6S. The van der Waals surface area contributed by atoms with Gasteiger partial charge in [-0.25, -0.2) is 4.31 Å². The van der Waals surface area contributed by atoms with Crippen LogP contribution in [0.4, 0.5) is 11.4 Å². The molecule has 10 heteroatoms. The molecule has 2 rings (SSSR count). The lowest BCUT2D eigenvalue weighted by molar-refractivity contribution is -0.385. The molecule has 0 saturated carbocycles. The molecule has 0 radical (unpaired) electrons. The van der Waals surface area contributed by atoms with Gasteiger partial charge in [-0.05, 0) is 36.6 Å². The third kappa shape index (κ3) is 5.01. The van der Waals surface area contributed by atoms with Crippen LogP contribution in [0.25, 0.3) is 0 Å². The normalized spacial score (nSPS) is 11.9. The highest BCUT2D eigenvalue weighted by atomic mass is 32.2. The fraction of sp³-hybridized carbons (Fsp3) is 0.188. The van der Waals surface area contributed by atoms with Gasteiger partial charge in [0.1, 0.15) is 6.04 Å². The van der Waals surface area contributed by atoms with E-state index in [1.165, 1.54) is 31.2 Å². The first kappa shape index (κ1) is 19.3. The van der Waals surface area contributed by atoms with Crippen molar-refractivity contribution in [1.82, 2.24) is 4.31 Å². The van der Waals surface area contributed by atoms with E-state index in [9.17, 15) is 30.1 Å². The summed E-state index contributed by atoms with van der Waals surface area (Å²) in [5.74, 6) is -1.03. The average Bonchev–Trinajstić information content (AvgIpc) is 2.61. The van der Waals surface area contributed by atoms with Crippen LogP contribution in [0.15, 0.2) is 53.4 Å². The average molecular weight is 377 g/mol. The summed E-state index contributed by atoms with van der Waals surface area (Å²) in [6.45, 7) is 1.75. The van der Waals surface area contributed by atoms with Gasteiger partial charge in [0.15, 0.2) is 0 Å². The number of nitrogens with zero attached hydrogens (tertiary/aromatic N) is 3. The molecule has 26 heavy (non-hydrogen) atoms. The van der Waals surface area contributed by atoms with Gasteiger partial charge in [0.05, 0.1) is 9.85 Å². The van der Waals surface area contributed by atoms with Crippen LogP contribution in [-0.2, 0) is 11.3 Å². The maximum atomic E-state index is 11.4. The van der Waals surface area contributed by atoms with Crippen LogP contribution in [-0.4, -0.2) is 31.3 Å². The SMILES string of the molecule is CC(C(=O)O)N(Cc1ccc([N+](=O)[O-])cc1)Sc1ccc([N+](=O)[O-])cc1. The second-order valence-corrected chi connectivity index (χ2v) is 6.48.